The molecule has 1 amide bonds. The van der Waals surface area contributed by atoms with Crippen LogP contribution in [-0.2, 0) is 13.0 Å². The molecule has 1 aromatic heterocycles. The van der Waals surface area contributed by atoms with Crippen LogP contribution in [0.5, 0.6) is 5.75 Å². The standard InChI is InChI=1S/C22H23BrN4O2/c1-14-7-8-15(21-26-25-20-6-4-3-5-11-27(20)21)12-19(14)24-22(28)17-13-16(29-2)9-10-18(17)23/h7-10,12-13H,3-6,11H2,1-2H3,(H,24,28). The van der Waals surface area contributed by atoms with Crippen LogP contribution in [0.3, 0.4) is 0 Å². The Labute approximate surface area is 178 Å². The number of methoxy groups -OCH3 is 1. The van der Waals surface area contributed by atoms with Crippen LogP contribution in [-0.4, -0.2) is 27.8 Å². The SMILES string of the molecule is COc1ccc(Br)c(C(=O)Nc2cc(-c3nnc4n3CCCCC4)ccc2C)c1. The molecule has 29 heavy (non-hydrogen) atoms. The van der Waals surface area contributed by atoms with Crippen LogP contribution < -0.4 is 10.1 Å². The first kappa shape index (κ1) is 19.6. The fourth-order valence-corrected chi connectivity index (χ4v) is 4.02. The zero-order valence-electron chi connectivity index (χ0n) is 16.5. The quantitative estimate of drug-likeness (QED) is 0.601. The molecule has 2 heterocycles. The van der Waals surface area contributed by atoms with Gasteiger partial charge in [-0.3, -0.25) is 4.79 Å². The summed E-state index contributed by atoms with van der Waals surface area (Å²) >= 11 is 3.45. The predicted octanol–water partition coefficient (Wildman–Crippen LogP) is 5.00. The molecule has 1 aliphatic heterocycles. The van der Waals surface area contributed by atoms with Gasteiger partial charge in [0.2, 0.25) is 0 Å². The maximum Gasteiger partial charge on any atom is 0.256 e. The fourth-order valence-electron chi connectivity index (χ4n) is 3.59. The first-order chi connectivity index (χ1) is 14.1. The Hall–Kier alpha value is -2.67. The Morgan fingerprint density at radius 3 is 2.83 bits per heavy atom. The molecule has 3 aromatic rings. The Morgan fingerprint density at radius 2 is 2.00 bits per heavy atom. The molecular formula is C22H23BrN4O2. The summed E-state index contributed by atoms with van der Waals surface area (Å²) in [5.74, 6) is 2.34. The van der Waals surface area contributed by atoms with E-state index in [1.807, 2.05) is 37.3 Å². The van der Waals surface area contributed by atoms with Crippen molar-refractivity contribution in [2.45, 2.75) is 39.2 Å². The number of fused-ring (bicyclic) bond motifs is 1. The van der Waals surface area contributed by atoms with Crippen LogP contribution in [0.4, 0.5) is 5.69 Å². The highest BCUT2D eigenvalue weighted by Crippen LogP contribution is 2.28. The second-order valence-corrected chi connectivity index (χ2v) is 8.09. The molecule has 0 fully saturated rings. The van der Waals surface area contributed by atoms with Crippen molar-refractivity contribution in [1.29, 1.82) is 0 Å². The summed E-state index contributed by atoms with van der Waals surface area (Å²) in [4.78, 5) is 12.9. The molecule has 1 aliphatic rings. The lowest BCUT2D eigenvalue weighted by Crippen LogP contribution is -2.14. The van der Waals surface area contributed by atoms with E-state index in [0.29, 0.717) is 15.8 Å². The van der Waals surface area contributed by atoms with Crippen molar-refractivity contribution in [3.8, 4) is 17.1 Å². The zero-order chi connectivity index (χ0) is 20.4. The van der Waals surface area contributed by atoms with E-state index in [2.05, 4.69) is 36.0 Å². The number of ether oxygens (including phenoxy) is 1. The number of rotatable bonds is 4. The average molecular weight is 455 g/mol. The molecule has 150 valence electrons. The molecule has 6 nitrogen and oxygen atoms in total. The monoisotopic (exact) mass is 454 g/mol. The normalized spacial score (nSPS) is 13.5. The van der Waals surface area contributed by atoms with Gasteiger partial charge < -0.3 is 14.6 Å². The van der Waals surface area contributed by atoms with Crippen molar-refractivity contribution >= 4 is 27.5 Å². The number of nitrogens with zero attached hydrogens (tertiary/aromatic N) is 3. The third kappa shape index (κ3) is 4.05. The maximum absolute atomic E-state index is 12.9. The predicted molar refractivity (Wildman–Crippen MR) is 116 cm³/mol. The molecule has 0 atom stereocenters. The molecule has 0 spiro atoms. The summed E-state index contributed by atoms with van der Waals surface area (Å²) in [7, 11) is 1.58. The van der Waals surface area contributed by atoms with Crippen LogP contribution in [0.15, 0.2) is 40.9 Å². The van der Waals surface area contributed by atoms with Crippen molar-refractivity contribution in [1.82, 2.24) is 14.8 Å². The Bertz CT molecular complexity index is 1060. The molecule has 0 aliphatic carbocycles. The Balaban J connectivity index is 1.65. The third-order valence-electron chi connectivity index (χ3n) is 5.27. The number of hydrogen-bond donors (Lipinski definition) is 1. The third-order valence-corrected chi connectivity index (χ3v) is 5.96. The van der Waals surface area contributed by atoms with Gasteiger partial charge in [0, 0.05) is 28.7 Å². The molecule has 1 N–H and O–H groups in total. The number of benzene rings is 2. The fraction of sp³-hybridized carbons (Fsp3) is 0.318. The van der Waals surface area contributed by atoms with E-state index in [1.54, 1.807) is 13.2 Å². The molecule has 0 unspecified atom stereocenters. The van der Waals surface area contributed by atoms with E-state index >= 15 is 0 Å². The lowest BCUT2D eigenvalue weighted by Gasteiger charge is -2.13. The number of nitrogens with one attached hydrogen (secondary N) is 1. The van der Waals surface area contributed by atoms with Gasteiger partial charge in [-0.1, -0.05) is 18.6 Å². The van der Waals surface area contributed by atoms with E-state index in [-0.39, 0.29) is 5.91 Å². The Kier molecular flexibility index (Phi) is 5.67. The maximum atomic E-state index is 12.9. The summed E-state index contributed by atoms with van der Waals surface area (Å²) in [6.45, 7) is 2.91. The zero-order valence-corrected chi connectivity index (χ0v) is 18.1. The van der Waals surface area contributed by atoms with Gasteiger partial charge in [-0.25, -0.2) is 0 Å². The molecule has 0 saturated heterocycles. The van der Waals surface area contributed by atoms with Gasteiger partial charge in [-0.05, 0) is 65.5 Å². The number of anilines is 1. The summed E-state index contributed by atoms with van der Waals surface area (Å²) < 4.78 is 8.17. The van der Waals surface area contributed by atoms with Crippen LogP contribution in [0, 0.1) is 6.92 Å². The van der Waals surface area contributed by atoms with Crippen molar-refractivity contribution in [3.63, 3.8) is 0 Å². The van der Waals surface area contributed by atoms with Crippen molar-refractivity contribution in [2.75, 3.05) is 12.4 Å². The molecule has 0 bridgehead atoms. The topological polar surface area (TPSA) is 69.0 Å². The van der Waals surface area contributed by atoms with Gasteiger partial charge in [0.25, 0.3) is 5.91 Å². The number of amides is 1. The molecule has 2 aromatic carbocycles. The molecule has 0 radical (unpaired) electrons. The number of carbonyl (C=O) groups excluding carboxylic acids is 1. The van der Waals surface area contributed by atoms with Crippen molar-refractivity contribution in [3.05, 3.63) is 57.8 Å². The van der Waals surface area contributed by atoms with Gasteiger partial charge in [0.05, 0.1) is 12.7 Å². The molecule has 4 rings (SSSR count). The molecular weight excluding hydrogens is 432 g/mol. The average Bonchev–Trinajstić information content (AvgIpc) is 2.98. The summed E-state index contributed by atoms with van der Waals surface area (Å²) in [6.07, 6.45) is 4.47. The summed E-state index contributed by atoms with van der Waals surface area (Å²) in [5.41, 5.74) is 3.21. The van der Waals surface area contributed by atoms with Gasteiger partial charge in [-0.15, -0.1) is 10.2 Å². The Morgan fingerprint density at radius 1 is 1.14 bits per heavy atom. The lowest BCUT2D eigenvalue weighted by molar-refractivity contribution is 0.102. The molecule has 0 saturated carbocycles. The van der Waals surface area contributed by atoms with Crippen LogP contribution in [0.2, 0.25) is 0 Å². The highest BCUT2D eigenvalue weighted by molar-refractivity contribution is 9.10. The van der Waals surface area contributed by atoms with E-state index < -0.39 is 0 Å². The van der Waals surface area contributed by atoms with E-state index in [0.717, 1.165) is 54.3 Å². The first-order valence-corrected chi connectivity index (χ1v) is 10.5. The van der Waals surface area contributed by atoms with E-state index in [1.165, 1.54) is 6.42 Å². The lowest BCUT2D eigenvalue weighted by atomic mass is 10.1. The number of aryl methyl sites for hydroxylation is 2. The van der Waals surface area contributed by atoms with E-state index in [9.17, 15) is 4.79 Å². The van der Waals surface area contributed by atoms with Crippen LogP contribution in [0.25, 0.3) is 11.4 Å². The highest BCUT2D eigenvalue weighted by Gasteiger charge is 2.18. The first-order valence-electron chi connectivity index (χ1n) is 9.75. The van der Waals surface area contributed by atoms with Gasteiger partial charge >= 0.3 is 0 Å². The number of halogens is 1. The molecule has 7 heteroatoms. The minimum atomic E-state index is -0.198. The number of aromatic nitrogens is 3. The van der Waals surface area contributed by atoms with Gasteiger partial charge in [0.15, 0.2) is 5.82 Å². The summed E-state index contributed by atoms with van der Waals surface area (Å²) in [5, 5.41) is 11.9. The second-order valence-electron chi connectivity index (χ2n) is 7.23. The van der Waals surface area contributed by atoms with Crippen LogP contribution >= 0.6 is 15.9 Å². The van der Waals surface area contributed by atoms with Crippen molar-refractivity contribution in [2.24, 2.45) is 0 Å². The second kappa shape index (κ2) is 8.37. The van der Waals surface area contributed by atoms with Gasteiger partial charge in [-0.2, -0.15) is 0 Å². The van der Waals surface area contributed by atoms with Gasteiger partial charge in [0.1, 0.15) is 11.6 Å². The van der Waals surface area contributed by atoms with Crippen LogP contribution in [0.1, 0.15) is 41.0 Å². The smallest absolute Gasteiger partial charge is 0.256 e. The minimum Gasteiger partial charge on any atom is -0.497 e. The summed E-state index contributed by atoms with van der Waals surface area (Å²) in [6, 6.07) is 11.4. The largest absolute Gasteiger partial charge is 0.497 e. The number of carbonyl (C=O) groups is 1. The number of hydrogen-bond acceptors (Lipinski definition) is 4. The van der Waals surface area contributed by atoms with E-state index in [4.69, 9.17) is 4.74 Å². The minimum absolute atomic E-state index is 0.198. The highest BCUT2D eigenvalue weighted by atomic mass is 79.9. The van der Waals surface area contributed by atoms with Crippen molar-refractivity contribution < 1.29 is 9.53 Å².